The lowest BCUT2D eigenvalue weighted by atomic mass is 9.94. The van der Waals surface area contributed by atoms with Crippen LogP contribution in [-0.4, -0.2) is 31.1 Å². The molecule has 0 aromatic carbocycles. The molecule has 1 unspecified atom stereocenters. The summed E-state index contributed by atoms with van der Waals surface area (Å²) < 4.78 is 0. The first kappa shape index (κ1) is 13.3. The van der Waals surface area contributed by atoms with E-state index in [1.807, 2.05) is 11.3 Å². The molecule has 1 aliphatic carbocycles. The summed E-state index contributed by atoms with van der Waals surface area (Å²) in [6.45, 7) is 5.92. The monoisotopic (exact) mass is 276 g/mol. The minimum Gasteiger partial charge on any atom is -0.315 e. The SMILES string of the molecule is C1=CCC(CNCCN2CCc3sccc3C2)CC1. The Morgan fingerprint density at radius 2 is 2.37 bits per heavy atom. The van der Waals surface area contributed by atoms with Gasteiger partial charge in [0.1, 0.15) is 0 Å². The standard InChI is InChI=1S/C16H24N2S/c1-2-4-14(5-3-1)12-17-8-10-18-9-6-16-15(13-18)7-11-19-16/h1-2,7,11,14,17H,3-6,8-10,12-13H2. The maximum Gasteiger partial charge on any atom is 0.0245 e. The van der Waals surface area contributed by atoms with Gasteiger partial charge in [-0.3, -0.25) is 4.90 Å². The van der Waals surface area contributed by atoms with Crippen molar-refractivity contribution in [3.63, 3.8) is 0 Å². The third-order valence-electron chi connectivity index (χ3n) is 4.30. The second-order valence-electron chi connectivity index (χ2n) is 5.75. The fourth-order valence-corrected chi connectivity index (χ4v) is 3.97. The molecule has 1 N–H and O–H groups in total. The van der Waals surface area contributed by atoms with E-state index in [4.69, 9.17) is 0 Å². The summed E-state index contributed by atoms with van der Waals surface area (Å²) in [5.41, 5.74) is 1.56. The number of fused-ring (bicyclic) bond motifs is 1. The van der Waals surface area contributed by atoms with Crippen molar-refractivity contribution in [3.8, 4) is 0 Å². The molecule has 1 aliphatic heterocycles. The number of rotatable bonds is 5. The zero-order valence-electron chi connectivity index (χ0n) is 11.6. The van der Waals surface area contributed by atoms with Gasteiger partial charge in [0.15, 0.2) is 0 Å². The molecule has 1 aromatic heterocycles. The molecule has 2 aliphatic rings. The molecule has 0 saturated heterocycles. The second kappa shape index (κ2) is 6.69. The number of thiophene rings is 1. The van der Waals surface area contributed by atoms with Gasteiger partial charge in [0, 0.05) is 31.1 Å². The summed E-state index contributed by atoms with van der Waals surface area (Å²) in [7, 11) is 0. The Hall–Kier alpha value is -0.640. The quantitative estimate of drug-likeness (QED) is 0.657. The van der Waals surface area contributed by atoms with Gasteiger partial charge >= 0.3 is 0 Å². The number of allylic oxidation sites excluding steroid dienone is 2. The topological polar surface area (TPSA) is 15.3 Å². The van der Waals surface area contributed by atoms with Gasteiger partial charge in [-0.15, -0.1) is 11.3 Å². The van der Waals surface area contributed by atoms with Crippen LogP contribution in [0.4, 0.5) is 0 Å². The van der Waals surface area contributed by atoms with Gasteiger partial charge in [-0.1, -0.05) is 12.2 Å². The Morgan fingerprint density at radius 1 is 1.37 bits per heavy atom. The molecule has 0 radical (unpaired) electrons. The smallest absolute Gasteiger partial charge is 0.0245 e. The average Bonchev–Trinajstić information content (AvgIpc) is 2.92. The summed E-state index contributed by atoms with van der Waals surface area (Å²) >= 11 is 1.93. The Bertz CT molecular complexity index is 424. The van der Waals surface area contributed by atoms with E-state index in [1.165, 1.54) is 45.3 Å². The highest BCUT2D eigenvalue weighted by atomic mass is 32.1. The second-order valence-corrected chi connectivity index (χ2v) is 6.75. The molecule has 0 amide bonds. The van der Waals surface area contributed by atoms with Crippen LogP contribution in [0.2, 0.25) is 0 Å². The van der Waals surface area contributed by atoms with Crippen LogP contribution in [0.1, 0.15) is 29.7 Å². The minimum absolute atomic E-state index is 0.870. The summed E-state index contributed by atoms with van der Waals surface area (Å²) in [6, 6.07) is 2.30. The van der Waals surface area contributed by atoms with Crippen LogP contribution in [0.25, 0.3) is 0 Å². The van der Waals surface area contributed by atoms with Gasteiger partial charge in [0.2, 0.25) is 0 Å². The molecular weight excluding hydrogens is 252 g/mol. The number of nitrogens with one attached hydrogen (secondary N) is 1. The van der Waals surface area contributed by atoms with Gasteiger partial charge in [-0.2, -0.15) is 0 Å². The van der Waals surface area contributed by atoms with Crippen LogP contribution in [0.15, 0.2) is 23.6 Å². The van der Waals surface area contributed by atoms with Crippen molar-refractivity contribution in [2.75, 3.05) is 26.2 Å². The summed E-state index contributed by atoms with van der Waals surface area (Å²) in [6.07, 6.45) is 9.83. The molecule has 0 spiro atoms. The van der Waals surface area contributed by atoms with Crippen LogP contribution < -0.4 is 5.32 Å². The number of hydrogen-bond donors (Lipinski definition) is 1. The van der Waals surface area contributed by atoms with Crippen LogP contribution in [0.3, 0.4) is 0 Å². The highest BCUT2D eigenvalue weighted by molar-refractivity contribution is 7.10. The Balaban J connectivity index is 1.34. The predicted molar refractivity (Wildman–Crippen MR) is 82.7 cm³/mol. The highest BCUT2D eigenvalue weighted by Gasteiger charge is 2.16. The minimum atomic E-state index is 0.870. The van der Waals surface area contributed by atoms with E-state index in [0.717, 1.165) is 19.0 Å². The highest BCUT2D eigenvalue weighted by Crippen LogP contribution is 2.23. The van der Waals surface area contributed by atoms with E-state index in [-0.39, 0.29) is 0 Å². The first-order chi connectivity index (χ1) is 9.42. The third kappa shape index (κ3) is 3.68. The van der Waals surface area contributed by atoms with Gasteiger partial charge in [-0.05, 0) is 55.2 Å². The maximum atomic E-state index is 3.65. The van der Waals surface area contributed by atoms with E-state index in [2.05, 4.69) is 33.8 Å². The predicted octanol–water partition coefficient (Wildman–Crippen LogP) is 3.05. The lowest BCUT2D eigenvalue weighted by molar-refractivity contribution is 0.253. The zero-order chi connectivity index (χ0) is 12.9. The van der Waals surface area contributed by atoms with Crippen molar-refractivity contribution in [1.29, 1.82) is 0 Å². The molecule has 3 rings (SSSR count). The molecule has 0 fully saturated rings. The van der Waals surface area contributed by atoms with Crippen LogP contribution in [-0.2, 0) is 13.0 Å². The first-order valence-electron chi connectivity index (χ1n) is 7.55. The lowest BCUT2D eigenvalue weighted by Crippen LogP contribution is -2.36. The molecular formula is C16H24N2S. The Labute approximate surface area is 120 Å². The fourth-order valence-electron chi connectivity index (χ4n) is 3.08. The molecule has 3 heteroatoms. The van der Waals surface area contributed by atoms with Crippen LogP contribution in [0, 0.1) is 5.92 Å². The van der Waals surface area contributed by atoms with Gasteiger partial charge in [0.05, 0.1) is 0 Å². The molecule has 2 nitrogen and oxygen atoms in total. The summed E-state index contributed by atoms with van der Waals surface area (Å²) in [4.78, 5) is 4.20. The average molecular weight is 276 g/mol. The first-order valence-corrected chi connectivity index (χ1v) is 8.43. The van der Waals surface area contributed by atoms with E-state index in [1.54, 1.807) is 10.4 Å². The Kier molecular flexibility index (Phi) is 4.70. The summed E-state index contributed by atoms with van der Waals surface area (Å²) in [5, 5.41) is 5.89. The van der Waals surface area contributed by atoms with E-state index in [0.29, 0.717) is 0 Å². The van der Waals surface area contributed by atoms with Crippen molar-refractivity contribution < 1.29 is 0 Å². The molecule has 2 heterocycles. The van der Waals surface area contributed by atoms with E-state index in [9.17, 15) is 0 Å². The third-order valence-corrected chi connectivity index (χ3v) is 5.33. The molecule has 1 aromatic rings. The van der Waals surface area contributed by atoms with Crippen molar-refractivity contribution >= 4 is 11.3 Å². The number of nitrogens with zero attached hydrogens (tertiary/aromatic N) is 1. The molecule has 1 atom stereocenters. The largest absolute Gasteiger partial charge is 0.315 e. The summed E-state index contributed by atoms with van der Waals surface area (Å²) in [5.74, 6) is 0.870. The molecule has 0 bridgehead atoms. The molecule has 0 saturated carbocycles. The molecule has 104 valence electrons. The number of hydrogen-bond acceptors (Lipinski definition) is 3. The molecule has 19 heavy (non-hydrogen) atoms. The fraction of sp³-hybridized carbons (Fsp3) is 0.625. The van der Waals surface area contributed by atoms with Gasteiger partial charge < -0.3 is 5.32 Å². The van der Waals surface area contributed by atoms with E-state index < -0.39 is 0 Å². The lowest BCUT2D eigenvalue weighted by Gasteiger charge is -2.27. The van der Waals surface area contributed by atoms with Crippen molar-refractivity contribution in [1.82, 2.24) is 10.2 Å². The van der Waals surface area contributed by atoms with Crippen molar-refractivity contribution in [2.45, 2.75) is 32.2 Å². The van der Waals surface area contributed by atoms with Crippen LogP contribution in [0.5, 0.6) is 0 Å². The van der Waals surface area contributed by atoms with Crippen molar-refractivity contribution in [2.24, 2.45) is 5.92 Å². The zero-order valence-corrected chi connectivity index (χ0v) is 12.4. The normalized spacial score (nSPS) is 23.5. The van der Waals surface area contributed by atoms with Crippen molar-refractivity contribution in [3.05, 3.63) is 34.0 Å². The van der Waals surface area contributed by atoms with Crippen LogP contribution >= 0.6 is 11.3 Å². The van der Waals surface area contributed by atoms with E-state index >= 15 is 0 Å². The van der Waals surface area contributed by atoms with Gasteiger partial charge in [-0.25, -0.2) is 0 Å². The van der Waals surface area contributed by atoms with Gasteiger partial charge in [0.25, 0.3) is 0 Å². The Morgan fingerprint density at radius 3 is 3.26 bits per heavy atom. The maximum absolute atomic E-state index is 3.65.